The van der Waals surface area contributed by atoms with Crippen LogP contribution in [0.25, 0.3) is 18.2 Å². The average Bonchev–Trinajstić information content (AvgIpc) is 3.70. The Morgan fingerprint density at radius 3 is 1.77 bits per heavy atom. The van der Waals surface area contributed by atoms with Crippen molar-refractivity contribution in [3.8, 4) is 0 Å². The molecule has 2 aliphatic rings. The molecule has 0 aliphatic carbocycles. The Balaban J connectivity index is 0.00000441. The Hall–Kier alpha value is -2.45. The first-order valence-electron chi connectivity index (χ1n) is 15.3. The average molecular weight is 718 g/mol. The summed E-state index contributed by atoms with van der Waals surface area (Å²) in [4.78, 5) is 20.1. The number of allylic oxidation sites excluding steroid dienone is 3. The smallest absolute Gasteiger partial charge is 0.658 e. The van der Waals surface area contributed by atoms with Crippen LogP contribution in [-0.4, -0.2) is 18.5 Å². The summed E-state index contributed by atoms with van der Waals surface area (Å²) in [6.45, 7) is 17.8. The zero-order chi connectivity index (χ0) is 28.1. The Kier molecular flexibility index (Phi) is 11.6. The van der Waals surface area contributed by atoms with Crippen molar-refractivity contribution in [2.45, 2.75) is 113 Å². The molecule has 0 bridgehead atoms. The van der Waals surface area contributed by atoms with Gasteiger partial charge in [-0.15, -0.1) is 22.1 Å². The molecule has 0 radical (unpaired) electrons. The van der Waals surface area contributed by atoms with Crippen molar-refractivity contribution < 1.29 is 21.1 Å². The summed E-state index contributed by atoms with van der Waals surface area (Å²) < 4.78 is 0. The van der Waals surface area contributed by atoms with E-state index >= 15 is 0 Å². The summed E-state index contributed by atoms with van der Waals surface area (Å²) in [5, 5.41) is 2.16. The van der Waals surface area contributed by atoms with Crippen LogP contribution in [0.1, 0.15) is 115 Å². The molecule has 4 nitrogen and oxygen atoms in total. The first-order chi connectivity index (χ1) is 19.0. The molecule has 4 heterocycles. The number of aromatic nitrogens is 2. The van der Waals surface area contributed by atoms with Gasteiger partial charge in [-0.3, -0.25) is 9.98 Å². The third-order valence-electron chi connectivity index (χ3n) is 8.44. The molecule has 216 valence electrons. The minimum Gasteiger partial charge on any atom is -0.658 e. The van der Waals surface area contributed by atoms with Crippen molar-refractivity contribution in [1.29, 1.82) is 0 Å². The van der Waals surface area contributed by atoms with E-state index in [2.05, 4.69) is 79.8 Å². The molecule has 2 aliphatic heterocycles. The molecule has 4 rings (SSSR count). The van der Waals surface area contributed by atoms with Crippen molar-refractivity contribution in [1.82, 2.24) is 9.97 Å². The summed E-state index contributed by atoms with van der Waals surface area (Å²) in [7, 11) is 0. The zero-order valence-corrected chi connectivity index (χ0v) is 28.0. The maximum absolute atomic E-state index is 5.23. The third kappa shape index (κ3) is 6.08. The maximum atomic E-state index is 5.23. The van der Waals surface area contributed by atoms with E-state index < -0.39 is 0 Å². The van der Waals surface area contributed by atoms with Crippen LogP contribution >= 0.6 is 0 Å². The van der Waals surface area contributed by atoms with Crippen molar-refractivity contribution in [2.24, 2.45) is 9.98 Å². The normalized spacial score (nSPS) is 18.8. The predicted octanol–water partition coefficient (Wildman–Crippen LogP) is 6.57. The predicted molar refractivity (Wildman–Crippen MR) is 168 cm³/mol. The number of nitrogens with zero attached hydrogens (tertiary/aromatic N) is 4. The fraction of sp³-hybridized carbons (Fsp3) is 0.486. The van der Waals surface area contributed by atoms with E-state index in [1.807, 2.05) is 6.21 Å². The molecule has 0 saturated carbocycles. The van der Waals surface area contributed by atoms with Gasteiger partial charge in [-0.1, -0.05) is 95.9 Å². The minimum atomic E-state index is 0. The molecule has 0 N–H and O–H groups in total. The summed E-state index contributed by atoms with van der Waals surface area (Å²) in [6, 6.07) is 0.108. The fourth-order valence-corrected chi connectivity index (χ4v) is 6.37. The topological polar surface area (TPSA) is 52.9 Å². The van der Waals surface area contributed by atoms with Gasteiger partial charge in [0.2, 0.25) is 0 Å². The second-order valence-corrected chi connectivity index (χ2v) is 10.4. The molecule has 1 unspecified atom stereocenters. The van der Waals surface area contributed by atoms with Gasteiger partial charge >= 0.3 is 21.1 Å². The summed E-state index contributed by atoms with van der Waals surface area (Å²) in [5.41, 5.74) is 14.1. The molecular formula is C35H46N4Pt. The largest absolute Gasteiger partial charge is 2.00 e. The van der Waals surface area contributed by atoms with Crippen molar-refractivity contribution >= 4 is 30.7 Å². The van der Waals surface area contributed by atoms with Crippen molar-refractivity contribution in [2.75, 3.05) is 0 Å². The third-order valence-corrected chi connectivity index (χ3v) is 8.44. The minimum absolute atomic E-state index is 0. The van der Waals surface area contributed by atoms with Crippen LogP contribution in [0, 0.1) is 0 Å². The van der Waals surface area contributed by atoms with Gasteiger partial charge in [0.15, 0.2) is 0 Å². The molecule has 0 saturated heterocycles. The number of hydrogen-bond donors (Lipinski definition) is 0. The van der Waals surface area contributed by atoms with E-state index in [0.29, 0.717) is 0 Å². The first-order valence-corrected chi connectivity index (χ1v) is 15.3. The van der Waals surface area contributed by atoms with E-state index in [1.165, 1.54) is 44.5 Å². The van der Waals surface area contributed by atoms with Crippen LogP contribution in [0.5, 0.6) is 0 Å². The molecular weight excluding hydrogens is 671 g/mol. The standard InChI is InChI=1S/C35H46N4.Pt/c1-9-22-20-36-30(24(22)11-3)17-32-26(13-5)28(15-7)34(38-32)19-35-29(16-8)27(14-6)33(39-35)18-31-25(12-4)23(10-2)21-37-31;/h17-21,30H,9-16H2,1-8H3;/q-2;+2/b31-18-,32-17-,34-19-;. The van der Waals surface area contributed by atoms with Crippen LogP contribution in [0.15, 0.2) is 38.0 Å². The molecule has 0 spiro atoms. The Bertz CT molecular complexity index is 1490. The van der Waals surface area contributed by atoms with E-state index in [1.54, 1.807) is 0 Å². The first kappa shape index (κ1) is 32.1. The van der Waals surface area contributed by atoms with Gasteiger partial charge in [-0.05, 0) is 73.7 Å². The van der Waals surface area contributed by atoms with Crippen LogP contribution < -0.4 is 20.7 Å². The number of aliphatic imine (C=N–C) groups is 2. The summed E-state index contributed by atoms with van der Waals surface area (Å²) in [6.07, 6.45) is 18.8. The van der Waals surface area contributed by atoms with Gasteiger partial charge in [0.25, 0.3) is 0 Å². The monoisotopic (exact) mass is 717 g/mol. The van der Waals surface area contributed by atoms with E-state index in [0.717, 1.165) is 79.1 Å². The second kappa shape index (κ2) is 14.4. The molecule has 0 fully saturated rings. The molecule has 1 atom stereocenters. The zero-order valence-electron chi connectivity index (χ0n) is 25.7. The Labute approximate surface area is 255 Å². The van der Waals surface area contributed by atoms with Gasteiger partial charge in [0.05, 0.1) is 11.7 Å². The molecule has 2 aromatic heterocycles. The van der Waals surface area contributed by atoms with Gasteiger partial charge in [0.1, 0.15) is 0 Å². The SMILES string of the molecule is CCC1=C(CC)/C(=C/c2[n-]c(/C=c3\[n-]/c(=C\C4N=CC(CC)=C4CC)c(CC)c3CC)c(CC)c2CC)N=C1.[Pt+2]. The quantitative estimate of drug-likeness (QED) is 0.264. The van der Waals surface area contributed by atoms with Gasteiger partial charge in [-0.25, -0.2) is 0 Å². The maximum Gasteiger partial charge on any atom is 2.00 e. The summed E-state index contributed by atoms with van der Waals surface area (Å²) in [5.74, 6) is 0. The van der Waals surface area contributed by atoms with Crippen LogP contribution in [0.2, 0.25) is 0 Å². The molecule has 2 aromatic rings. The molecule has 0 aromatic carbocycles. The number of hydrogen-bond acceptors (Lipinski definition) is 2. The van der Waals surface area contributed by atoms with Crippen LogP contribution in [0.3, 0.4) is 0 Å². The molecule has 5 heteroatoms. The van der Waals surface area contributed by atoms with Crippen molar-refractivity contribution in [3.63, 3.8) is 0 Å². The Morgan fingerprint density at radius 1 is 0.625 bits per heavy atom. The van der Waals surface area contributed by atoms with E-state index in [4.69, 9.17) is 20.0 Å². The summed E-state index contributed by atoms with van der Waals surface area (Å²) >= 11 is 0. The van der Waals surface area contributed by atoms with Crippen LogP contribution in [0.4, 0.5) is 0 Å². The second-order valence-electron chi connectivity index (χ2n) is 10.4. The van der Waals surface area contributed by atoms with Gasteiger partial charge < -0.3 is 9.97 Å². The number of rotatable bonds is 11. The van der Waals surface area contributed by atoms with Crippen molar-refractivity contribution in [3.05, 3.63) is 72.3 Å². The molecule has 0 amide bonds. The Morgan fingerprint density at radius 2 is 1.23 bits per heavy atom. The fourth-order valence-electron chi connectivity index (χ4n) is 6.37. The van der Waals surface area contributed by atoms with E-state index in [9.17, 15) is 0 Å². The van der Waals surface area contributed by atoms with E-state index in [-0.39, 0.29) is 27.1 Å². The van der Waals surface area contributed by atoms with Gasteiger partial charge in [-0.2, -0.15) is 0 Å². The molecule has 40 heavy (non-hydrogen) atoms. The van der Waals surface area contributed by atoms with Crippen LogP contribution in [-0.2, 0) is 46.7 Å². The van der Waals surface area contributed by atoms with Gasteiger partial charge in [0, 0.05) is 12.4 Å².